The van der Waals surface area contributed by atoms with E-state index >= 15 is 0 Å². The molecule has 0 bridgehead atoms. The van der Waals surface area contributed by atoms with Gasteiger partial charge in [-0.3, -0.25) is 5.32 Å². The summed E-state index contributed by atoms with van der Waals surface area (Å²) in [5.41, 5.74) is 1.46. The second-order valence-electron chi connectivity index (χ2n) is 5.68. The van der Waals surface area contributed by atoms with Gasteiger partial charge in [-0.25, -0.2) is 27.9 Å². The van der Waals surface area contributed by atoms with Crippen molar-refractivity contribution in [3.8, 4) is 11.5 Å². The van der Waals surface area contributed by atoms with Crippen molar-refractivity contribution in [2.45, 2.75) is 25.7 Å². The number of nitrogens with one attached hydrogen (secondary N) is 2. The van der Waals surface area contributed by atoms with E-state index in [-0.39, 0.29) is 22.3 Å². The van der Waals surface area contributed by atoms with Gasteiger partial charge in [0, 0.05) is 11.4 Å². The van der Waals surface area contributed by atoms with Crippen LogP contribution in [0.15, 0.2) is 39.8 Å². The van der Waals surface area contributed by atoms with Gasteiger partial charge in [0.05, 0.1) is 5.56 Å². The first kappa shape index (κ1) is 18.5. The summed E-state index contributed by atoms with van der Waals surface area (Å²) in [6, 6.07) is 6.72. The van der Waals surface area contributed by atoms with E-state index in [0.29, 0.717) is 17.2 Å². The van der Waals surface area contributed by atoms with Crippen LogP contribution in [0, 0.1) is 20.8 Å². The molecule has 0 aliphatic carbocycles. The summed E-state index contributed by atoms with van der Waals surface area (Å²) < 4.78 is 32.3. The lowest BCUT2D eigenvalue weighted by molar-refractivity contribution is 0.256. The van der Waals surface area contributed by atoms with Crippen LogP contribution in [0.2, 0.25) is 0 Å². The monoisotopic (exact) mass is 388 g/mol. The highest BCUT2D eigenvalue weighted by Crippen LogP contribution is 2.25. The lowest BCUT2D eigenvalue weighted by Gasteiger charge is -2.10. The molecule has 11 heteroatoms. The molecule has 0 aliphatic heterocycles. The molecule has 10 nitrogen and oxygen atoms in total. The van der Waals surface area contributed by atoms with Crippen molar-refractivity contribution < 1.29 is 17.7 Å². The first-order valence-electron chi connectivity index (χ1n) is 7.80. The van der Waals surface area contributed by atoms with Gasteiger partial charge >= 0.3 is 6.03 Å². The van der Waals surface area contributed by atoms with Crippen molar-refractivity contribution in [2.24, 2.45) is 0 Å². The van der Waals surface area contributed by atoms with E-state index < -0.39 is 16.1 Å². The van der Waals surface area contributed by atoms with Gasteiger partial charge in [-0.2, -0.15) is 4.98 Å². The van der Waals surface area contributed by atoms with E-state index in [1.165, 1.54) is 18.2 Å². The number of carbonyl (C=O) groups excluding carboxylic acids is 1. The number of amides is 2. The highest BCUT2D eigenvalue weighted by molar-refractivity contribution is 7.90. The number of nitrogens with zero attached hydrogens (tertiary/aromatic N) is 4. The van der Waals surface area contributed by atoms with Crippen LogP contribution in [0.1, 0.15) is 17.2 Å². The molecule has 0 unspecified atom stereocenters. The van der Waals surface area contributed by atoms with Gasteiger partial charge in [-0.15, -0.1) is 0 Å². The molecule has 0 radical (unpaired) electrons. The lowest BCUT2D eigenvalue weighted by Crippen LogP contribution is -2.35. The number of urea groups is 1. The summed E-state index contributed by atoms with van der Waals surface area (Å²) in [4.78, 5) is 24.1. The van der Waals surface area contributed by atoms with Crippen LogP contribution in [0.25, 0.3) is 11.5 Å². The molecule has 0 fully saturated rings. The number of carbonyl (C=O) groups is 1. The second kappa shape index (κ2) is 7.11. The van der Waals surface area contributed by atoms with E-state index in [1.807, 2.05) is 4.72 Å². The number of aryl methyl sites for hydroxylation is 3. The van der Waals surface area contributed by atoms with Gasteiger partial charge < -0.3 is 4.52 Å². The zero-order valence-corrected chi connectivity index (χ0v) is 15.5. The molecule has 0 aliphatic rings. The number of aromatic nitrogens is 4. The number of benzene rings is 1. The average molecular weight is 388 g/mol. The Hall–Kier alpha value is -3.34. The highest BCUT2D eigenvalue weighted by Gasteiger charge is 2.24. The Morgan fingerprint density at radius 1 is 1.04 bits per heavy atom. The number of rotatable bonds is 4. The Labute approximate surface area is 155 Å². The molecule has 0 saturated heterocycles. The summed E-state index contributed by atoms with van der Waals surface area (Å²) in [5, 5.41) is 5.96. The molecule has 0 saturated carbocycles. The van der Waals surface area contributed by atoms with E-state index in [9.17, 15) is 13.2 Å². The van der Waals surface area contributed by atoms with Crippen LogP contribution in [-0.4, -0.2) is 34.6 Å². The third kappa shape index (κ3) is 4.26. The highest BCUT2D eigenvalue weighted by atomic mass is 32.2. The first-order valence-corrected chi connectivity index (χ1v) is 9.29. The normalized spacial score (nSPS) is 11.2. The van der Waals surface area contributed by atoms with Gasteiger partial charge in [0.2, 0.25) is 5.95 Å². The Balaban J connectivity index is 1.86. The summed E-state index contributed by atoms with van der Waals surface area (Å²) in [6.07, 6.45) is 0. The molecule has 140 valence electrons. The third-order valence-electron chi connectivity index (χ3n) is 3.37. The number of sulfonamides is 1. The van der Waals surface area contributed by atoms with Gasteiger partial charge in [-0.05, 0) is 39.0 Å². The third-order valence-corrected chi connectivity index (χ3v) is 4.76. The van der Waals surface area contributed by atoms with Crippen LogP contribution in [-0.2, 0) is 10.0 Å². The van der Waals surface area contributed by atoms with Crippen LogP contribution >= 0.6 is 0 Å². The topological polar surface area (TPSA) is 140 Å². The van der Waals surface area contributed by atoms with Crippen molar-refractivity contribution >= 4 is 22.0 Å². The van der Waals surface area contributed by atoms with Crippen LogP contribution in [0.4, 0.5) is 10.7 Å². The maximum atomic E-state index is 12.7. The fourth-order valence-corrected chi connectivity index (χ4v) is 3.48. The predicted octanol–water partition coefficient (Wildman–Crippen LogP) is 1.96. The van der Waals surface area contributed by atoms with Crippen molar-refractivity contribution in [3.63, 3.8) is 0 Å². The standard InChI is InChI=1S/C16H16N6O4S/c1-9-8-10(2)18-15(17-9)20-16(23)22-27(24,25)13-7-5-4-6-12(13)14-19-11(3)21-26-14/h4-8H,1-3H3,(H2,17,18,20,22,23). The summed E-state index contributed by atoms with van der Waals surface area (Å²) in [6.45, 7) is 5.08. The minimum atomic E-state index is -4.21. The SMILES string of the molecule is Cc1cc(C)nc(NC(=O)NS(=O)(=O)c2ccccc2-c2nc(C)no2)n1. The molecule has 27 heavy (non-hydrogen) atoms. The van der Waals surface area contributed by atoms with Gasteiger partial charge in [-0.1, -0.05) is 17.3 Å². The molecule has 3 aromatic rings. The Morgan fingerprint density at radius 2 is 1.70 bits per heavy atom. The number of anilines is 1. The van der Waals surface area contributed by atoms with E-state index in [4.69, 9.17) is 4.52 Å². The Morgan fingerprint density at radius 3 is 2.33 bits per heavy atom. The van der Waals surface area contributed by atoms with Gasteiger partial charge in [0.25, 0.3) is 15.9 Å². The molecule has 1 aromatic carbocycles. The zero-order chi connectivity index (χ0) is 19.6. The van der Waals surface area contributed by atoms with Crippen LogP contribution < -0.4 is 10.0 Å². The fourth-order valence-electron chi connectivity index (χ4n) is 2.37. The molecule has 0 spiro atoms. The molecule has 2 N–H and O–H groups in total. The van der Waals surface area contributed by atoms with Crippen LogP contribution in [0.3, 0.4) is 0 Å². The van der Waals surface area contributed by atoms with E-state index in [2.05, 4.69) is 25.4 Å². The maximum Gasteiger partial charge on any atom is 0.335 e. The average Bonchev–Trinajstić information content (AvgIpc) is 2.99. The second-order valence-corrected chi connectivity index (χ2v) is 7.33. The number of hydrogen-bond acceptors (Lipinski definition) is 8. The molecular weight excluding hydrogens is 372 g/mol. The van der Waals surface area contributed by atoms with Crippen molar-refractivity contribution in [1.29, 1.82) is 0 Å². The number of hydrogen-bond donors (Lipinski definition) is 2. The molecular formula is C16H16N6O4S. The molecule has 2 aromatic heterocycles. The molecule has 2 amide bonds. The molecule has 0 atom stereocenters. The Bertz CT molecular complexity index is 1090. The van der Waals surface area contributed by atoms with Gasteiger partial charge in [0.1, 0.15) is 4.90 Å². The smallest absolute Gasteiger partial charge is 0.334 e. The fraction of sp³-hybridized carbons (Fsp3) is 0.188. The van der Waals surface area contributed by atoms with E-state index in [0.717, 1.165) is 0 Å². The first-order chi connectivity index (χ1) is 12.7. The maximum absolute atomic E-state index is 12.7. The lowest BCUT2D eigenvalue weighted by atomic mass is 10.2. The predicted molar refractivity (Wildman–Crippen MR) is 95.3 cm³/mol. The summed E-state index contributed by atoms with van der Waals surface area (Å²) >= 11 is 0. The zero-order valence-electron chi connectivity index (χ0n) is 14.7. The molecule has 2 heterocycles. The largest absolute Gasteiger partial charge is 0.335 e. The van der Waals surface area contributed by atoms with Crippen molar-refractivity contribution in [1.82, 2.24) is 24.8 Å². The van der Waals surface area contributed by atoms with Crippen molar-refractivity contribution in [2.75, 3.05) is 5.32 Å². The van der Waals surface area contributed by atoms with Crippen LogP contribution in [0.5, 0.6) is 0 Å². The van der Waals surface area contributed by atoms with Gasteiger partial charge in [0.15, 0.2) is 5.82 Å². The van der Waals surface area contributed by atoms with Crippen molar-refractivity contribution in [3.05, 3.63) is 47.5 Å². The minimum Gasteiger partial charge on any atom is -0.334 e. The minimum absolute atomic E-state index is 0.000936. The summed E-state index contributed by atoms with van der Waals surface area (Å²) in [5.74, 6) is 0.391. The quantitative estimate of drug-likeness (QED) is 0.691. The summed E-state index contributed by atoms with van der Waals surface area (Å²) in [7, 11) is -4.21. The van der Waals surface area contributed by atoms with E-state index in [1.54, 1.807) is 32.9 Å². The molecule has 3 rings (SSSR count). The Kier molecular flexibility index (Phi) is 4.86.